The molecule has 3 heterocycles. The van der Waals surface area contributed by atoms with Crippen LogP contribution in [0.4, 0.5) is 10.2 Å². The van der Waals surface area contributed by atoms with Gasteiger partial charge >= 0.3 is 0 Å². The molecular weight excluding hydrogens is 465 g/mol. The fraction of sp³-hybridized carbons (Fsp3) is 0.360. The number of likely N-dealkylation sites (tertiary alicyclic amines) is 1. The molecule has 1 saturated carbocycles. The average molecular weight is 492 g/mol. The number of hydrogen-bond donors (Lipinski definition) is 2. The third-order valence-electron chi connectivity index (χ3n) is 6.67. The van der Waals surface area contributed by atoms with Crippen LogP contribution in [0.15, 0.2) is 31.1 Å². The Labute approximate surface area is 206 Å². The summed E-state index contributed by atoms with van der Waals surface area (Å²) in [6.45, 7) is 4.17. The highest BCUT2D eigenvalue weighted by Crippen LogP contribution is 2.37. The first-order chi connectivity index (χ1) is 17.3. The van der Waals surface area contributed by atoms with Gasteiger partial charge in [0, 0.05) is 25.8 Å². The number of fused-ring (bicyclic) bond motifs is 1. The van der Waals surface area contributed by atoms with E-state index in [4.69, 9.17) is 16.2 Å². The summed E-state index contributed by atoms with van der Waals surface area (Å²) in [5, 5.41) is 4.44. The molecule has 1 aliphatic heterocycles. The number of amides is 2. The molecule has 5 rings (SSSR count). The van der Waals surface area contributed by atoms with Gasteiger partial charge in [-0.3, -0.25) is 9.59 Å². The second-order valence-corrected chi connectivity index (χ2v) is 9.06. The number of hydrogen-bond acceptors (Lipinski definition) is 6. The van der Waals surface area contributed by atoms with Crippen LogP contribution >= 0.6 is 0 Å². The number of anilines is 1. The fourth-order valence-electron chi connectivity index (χ4n) is 4.78. The van der Waals surface area contributed by atoms with E-state index in [0.29, 0.717) is 31.1 Å². The Balaban J connectivity index is 1.49. The summed E-state index contributed by atoms with van der Waals surface area (Å²) < 4.78 is 23.6. The van der Waals surface area contributed by atoms with E-state index in [0.717, 1.165) is 18.4 Å². The van der Waals surface area contributed by atoms with Crippen molar-refractivity contribution in [2.24, 2.45) is 5.73 Å². The summed E-state index contributed by atoms with van der Waals surface area (Å²) in [5.74, 6) is 4.03. The first kappa shape index (κ1) is 23.6. The Morgan fingerprint density at radius 3 is 2.75 bits per heavy atom. The van der Waals surface area contributed by atoms with Crippen molar-refractivity contribution in [3.63, 3.8) is 0 Å². The lowest BCUT2D eigenvalue weighted by molar-refractivity contribution is -0.127. The molecule has 2 aromatic heterocycles. The molecule has 0 spiro atoms. The Hall–Kier alpha value is -4.17. The lowest BCUT2D eigenvalue weighted by Crippen LogP contribution is -2.37. The predicted octanol–water partition coefficient (Wildman–Crippen LogP) is 1.76. The quantitative estimate of drug-likeness (QED) is 0.399. The van der Waals surface area contributed by atoms with Crippen molar-refractivity contribution >= 4 is 28.7 Å². The van der Waals surface area contributed by atoms with Crippen molar-refractivity contribution in [1.29, 1.82) is 0 Å². The zero-order valence-corrected chi connectivity index (χ0v) is 19.8. The monoisotopic (exact) mass is 491 g/mol. The number of carbonyl (C=O) groups is 2. The Morgan fingerprint density at radius 1 is 1.31 bits per heavy atom. The smallest absolute Gasteiger partial charge is 0.255 e. The van der Waals surface area contributed by atoms with Crippen molar-refractivity contribution in [1.82, 2.24) is 24.2 Å². The minimum Gasteiger partial charge on any atom is -0.383 e. The lowest BCUT2D eigenvalue weighted by Gasteiger charge is -2.22. The molecular formula is C25H26FN7O3. The van der Waals surface area contributed by atoms with Crippen LogP contribution < -0.4 is 11.5 Å². The Morgan fingerprint density at radius 2 is 2.08 bits per heavy atom. The van der Waals surface area contributed by atoms with Gasteiger partial charge in [0.25, 0.3) is 5.91 Å². The van der Waals surface area contributed by atoms with E-state index in [9.17, 15) is 14.0 Å². The van der Waals surface area contributed by atoms with Gasteiger partial charge in [0.15, 0.2) is 5.69 Å². The molecule has 36 heavy (non-hydrogen) atoms. The molecule has 4 N–H and O–H groups in total. The molecule has 1 aliphatic carbocycles. The Kier molecular flexibility index (Phi) is 5.97. The summed E-state index contributed by atoms with van der Waals surface area (Å²) in [4.78, 5) is 30.5. The largest absolute Gasteiger partial charge is 0.383 e. The van der Waals surface area contributed by atoms with Crippen LogP contribution in [-0.2, 0) is 9.53 Å². The molecule has 2 amide bonds. The topological polar surface area (TPSA) is 134 Å². The third kappa shape index (κ3) is 4.09. The number of methoxy groups -OCH3 is 1. The standard InChI is InChI=1S/C25H26FN7O3/c1-3-22(34)31-11-16(9-17(31)12-36-2)33-24(27)23(25(28)35)19(30-33)7-4-14-8-20-21(10-18(14)26)32(13-29-20)15-5-6-15/h3,8,10,13,15-17H,1,5-6,9,11-12,27H2,2H3,(H2,28,35)/t16-,17+/m0/s1. The maximum atomic E-state index is 14.9. The van der Waals surface area contributed by atoms with Crippen molar-refractivity contribution in [3.05, 3.63) is 53.8 Å². The molecule has 0 radical (unpaired) electrons. The molecule has 2 aliphatic rings. The predicted molar refractivity (Wildman–Crippen MR) is 130 cm³/mol. The number of halogens is 1. The zero-order chi connectivity index (χ0) is 25.6. The van der Waals surface area contributed by atoms with Gasteiger partial charge < -0.3 is 25.7 Å². The van der Waals surface area contributed by atoms with E-state index in [1.54, 1.807) is 24.4 Å². The van der Waals surface area contributed by atoms with Crippen LogP contribution in [0.5, 0.6) is 0 Å². The molecule has 2 atom stereocenters. The average Bonchev–Trinajstić information content (AvgIpc) is 3.34. The van der Waals surface area contributed by atoms with E-state index in [1.807, 2.05) is 4.57 Å². The molecule has 186 valence electrons. The molecule has 1 saturated heterocycles. The minimum atomic E-state index is -0.799. The molecule has 10 nitrogen and oxygen atoms in total. The second-order valence-electron chi connectivity index (χ2n) is 9.06. The van der Waals surface area contributed by atoms with Crippen molar-refractivity contribution in [2.75, 3.05) is 26.0 Å². The van der Waals surface area contributed by atoms with Crippen LogP contribution in [0.3, 0.4) is 0 Å². The van der Waals surface area contributed by atoms with Crippen molar-refractivity contribution in [3.8, 4) is 11.8 Å². The molecule has 2 fully saturated rings. The van der Waals surface area contributed by atoms with Gasteiger partial charge in [-0.25, -0.2) is 14.1 Å². The van der Waals surface area contributed by atoms with Crippen LogP contribution in [0.1, 0.15) is 53.0 Å². The molecule has 0 bridgehead atoms. The van der Waals surface area contributed by atoms with Gasteiger partial charge in [0.2, 0.25) is 5.91 Å². The maximum absolute atomic E-state index is 14.9. The van der Waals surface area contributed by atoms with Gasteiger partial charge in [0.1, 0.15) is 17.2 Å². The summed E-state index contributed by atoms with van der Waals surface area (Å²) in [7, 11) is 1.55. The number of nitrogens with zero attached hydrogens (tertiary/aromatic N) is 5. The SMILES string of the molecule is C=CC(=O)N1C[C@@H](n2nc(C#Cc3cc4ncn(C5CC5)c4cc3F)c(C(N)=O)c2N)C[C@@H]1COC. The number of carbonyl (C=O) groups excluding carboxylic acids is 2. The van der Waals surface area contributed by atoms with E-state index in [-0.39, 0.29) is 40.6 Å². The third-order valence-corrected chi connectivity index (χ3v) is 6.67. The highest BCUT2D eigenvalue weighted by molar-refractivity contribution is 5.99. The zero-order valence-electron chi connectivity index (χ0n) is 19.8. The summed E-state index contributed by atoms with van der Waals surface area (Å²) >= 11 is 0. The number of aromatic nitrogens is 4. The first-order valence-corrected chi connectivity index (χ1v) is 11.6. The van der Waals surface area contributed by atoms with Crippen LogP contribution in [0.2, 0.25) is 0 Å². The van der Waals surface area contributed by atoms with Gasteiger partial charge in [-0.05, 0) is 37.3 Å². The van der Waals surface area contributed by atoms with Gasteiger partial charge in [-0.1, -0.05) is 12.5 Å². The normalized spacial score (nSPS) is 19.3. The highest BCUT2D eigenvalue weighted by atomic mass is 19.1. The van der Waals surface area contributed by atoms with E-state index in [2.05, 4.69) is 28.5 Å². The fourth-order valence-corrected chi connectivity index (χ4v) is 4.78. The maximum Gasteiger partial charge on any atom is 0.255 e. The summed E-state index contributed by atoms with van der Waals surface area (Å²) in [5.41, 5.74) is 13.3. The number of nitrogen functional groups attached to an aromatic ring is 1. The minimum absolute atomic E-state index is 0.0415. The molecule has 3 aromatic rings. The number of nitrogens with two attached hydrogens (primary N) is 2. The van der Waals surface area contributed by atoms with E-state index in [1.165, 1.54) is 16.8 Å². The highest BCUT2D eigenvalue weighted by Gasteiger charge is 2.37. The van der Waals surface area contributed by atoms with Crippen LogP contribution in [0.25, 0.3) is 11.0 Å². The number of rotatable bonds is 6. The van der Waals surface area contributed by atoms with Gasteiger partial charge in [-0.2, -0.15) is 5.10 Å². The number of imidazole rings is 1. The summed E-state index contributed by atoms with van der Waals surface area (Å²) in [6.07, 6.45) is 5.57. The second kappa shape index (κ2) is 9.13. The van der Waals surface area contributed by atoms with E-state index < -0.39 is 11.7 Å². The van der Waals surface area contributed by atoms with Crippen molar-refractivity contribution in [2.45, 2.75) is 37.4 Å². The number of ether oxygens (including phenoxy) is 1. The molecule has 1 aromatic carbocycles. The van der Waals surface area contributed by atoms with Gasteiger partial charge in [-0.15, -0.1) is 0 Å². The van der Waals surface area contributed by atoms with E-state index >= 15 is 0 Å². The first-order valence-electron chi connectivity index (χ1n) is 11.6. The van der Waals surface area contributed by atoms with Gasteiger partial charge in [0.05, 0.1) is 41.6 Å². The molecule has 11 heteroatoms. The van der Waals surface area contributed by atoms with Crippen LogP contribution in [-0.4, -0.2) is 62.3 Å². The lowest BCUT2D eigenvalue weighted by atomic mass is 10.1. The number of benzene rings is 1. The summed E-state index contributed by atoms with van der Waals surface area (Å²) in [6, 6.07) is 2.82. The van der Waals surface area contributed by atoms with Crippen LogP contribution in [0, 0.1) is 17.7 Å². The van der Waals surface area contributed by atoms with Crippen molar-refractivity contribution < 1.29 is 18.7 Å². The number of primary amides is 1. The Bertz CT molecular complexity index is 1440. The molecule has 0 unspecified atom stereocenters.